The number of aryl methyl sites for hydroxylation is 1. The molecule has 0 radical (unpaired) electrons. The fourth-order valence-corrected chi connectivity index (χ4v) is 3.42. The van der Waals surface area contributed by atoms with Gasteiger partial charge in [-0.05, 0) is 61.4 Å². The first-order chi connectivity index (χ1) is 16.4. The Morgan fingerprint density at radius 3 is 2.68 bits per heavy atom. The number of hydrogen-bond donors (Lipinski definition) is 2. The molecule has 2 atom stereocenters. The van der Waals surface area contributed by atoms with E-state index >= 15 is 0 Å². The van der Waals surface area contributed by atoms with Crippen LogP contribution in [0.1, 0.15) is 58.0 Å². The minimum Gasteiger partial charge on any atom is -0.418 e. The lowest BCUT2D eigenvalue weighted by Crippen LogP contribution is -2.12. The Bertz CT molecular complexity index is 1280. The topological polar surface area (TPSA) is 114 Å². The number of benzene rings is 1. The zero-order chi connectivity index (χ0) is 24.1. The summed E-state index contributed by atoms with van der Waals surface area (Å²) in [7, 11) is 0. The fourth-order valence-electron chi connectivity index (χ4n) is 3.42. The highest BCUT2D eigenvalue weighted by atomic mass is 19.1. The quantitative estimate of drug-likeness (QED) is 0.460. The van der Waals surface area contributed by atoms with Crippen LogP contribution in [0.2, 0.25) is 0 Å². The number of nitrogens with zero attached hydrogens (tertiary/aromatic N) is 4. The first-order valence-electron chi connectivity index (χ1n) is 10.8. The monoisotopic (exact) mass is 461 g/mol. The van der Waals surface area contributed by atoms with E-state index in [-0.39, 0.29) is 17.7 Å². The number of fused-ring (bicyclic) bond motifs is 1. The number of aromatic nitrogens is 4. The van der Waals surface area contributed by atoms with E-state index in [0.717, 1.165) is 16.8 Å². The van der Waals surface area contributed by atoms with Gasteiger partial charge in [0.1, 0.15) is 6.10 Å². The van der Waals surface area contributed by atoms with Crippen LogP contribution in [-0.4, -0.2) is 31.2 Å². The molecule has 0 fully saturated rings. The molecular formula is C25H24FN5O3. The van der Waals surface area contributed by atoms with E-state index in [1.165, 1.54) is 6.92 Å². The van der Waals surface area contributed by atoms with Gasteiger partial charge in [0.25, 0.3) is 11.8 Å². The highest BCUT2D eigenvalue weighted by molar-refractivity contribution is 5.99. The number of aliphatic hydroxyl groups is 1. The van der Waals surface area contributed by atoms with Crippen molar-refractivity contribution in [3.05, 3.63) is 94.9 Å². The number of amides is 1. The maximum absolute atomic E-state index is 13.0. The number of alkyl halides is 1. The molecule has 34 heavy (non-hydrogen) atoms. The van der Waals surface area contributed by atoms with Crippen molar-refractivity contribution >= 4 is 5.91 Å². The van der Waals surface area contributed by atoms with Crippen molar-refractivity contribution in [2.24, 2.45) is 0 Å². The molecule has 8 nitrogen and oxygen atoms in total. The first kappa shape index (κ1) is 23.2. The van der Waals surface area contributed by atoms with Crippen LogP contribution in [0.4, 0.5) is 4.39 Å². The minimum atomic E-state index is -1.30. The predicted octanol–water partition coefficient (Wildman–Crippen LogP) is 4.07. The number of halogens is 1. The minimum absolute atomic E-state index is 0.0602. The molecule has 174 valence electrons. The standard InChI is InChI=1S/C13H14N2O.C12H10FN3O2/c1-10-5-7-15-12(8-10)13(16)9-11-4-2-3-6-14-11;1-6(13)11-15-16-12(18-11)7-2-3-8-5-14-10(17)9(8)4-7/h2-8,13,16H,9H2,1H3;2-4,6H,5H2,1H3,(H,14,17). The average Bonchev–Trinajstić information content (AvgIpc) is 3.48. The molecule has 1 amide bonds. The molecule has 2 N–H and O–H groups in total. The summed E-state index contributed by atoms with van der Waals surface area (Å²) in [6.45, 7) is 3.84. The highest BCUT2D eigenvalue weighted by Gasteiger charge is 2.21. The van der Waals surface area contributed by atoms with E-state index in [0.29, 0.717) is 29.8 Å². The molecule has 0 saturated carbocycles. The summed E-state index contributed by atoms with van der Waals surface area (Å²) in [5.41, 5.74) is 4.82. The molecule has 0 aliphatic carbocycles. The summed E-state index contributed by atoms with van der Waals surface area (Å²) in [4.78, 5) is 19.9. The van der Waals surface area contributed by atoms with Gasteiger partial charge in [0.2, 0.25) is 5.89 Å². The number of nitrogens with one attached hydrogen (secondary N) is 1. The van der Waals surface area contributed by atoms with E-state index < -0.39 is 12.3 Å². The second-order valence-corrected chi connectivity index (χ2v) is 7.92. The van der Waals surface area contributed by atoms with Crippen molar-refractivity contribution in [3.8, 4) is 11.5 Å². The number of carbonyl (C=O) groups is 1. The van der Waals surface area contributed by atoms with Crippen molar-refractivity contribution in [1.82, 2.24) is 25.5 Å². The molecule has 5 rings (SSSR count). The van der Waals surface area contributed by atoms with Crippen LogP contribution in [-0.2, 0) is 13.0 Å². The Balaban J connectivity index is 0.000000162. The fraction of sp³-hybridized carbons (Fsp3) is 0.240. The van der Waals surface area contributed by atoms with Gasteiger partial charge in [-0.1, -0.05) is 12.1 Å². The predicted molar refractivity (Wildman–Crippen MR) is 122 cm³/mol. The van der Waals surface area contributed by atoms with Crippen molar-refractivity contribution in [2.75, 3.05) is 0 Å². The molecule has 4 aromatic rings. The Kier molecular flexibility index (Phi) is 7.03. The average molecular weight is 461 g/mol. The lowest BCUT2D eigenvalue weighted by Gasteiger charge is -2.09. The van der Waals surface area contributed by atoms with Crippen LogP contribution >= 0.6 is 0 Å². The van der Waals surface area contributed by atoms with Crippen molar-refractivity contribution in [3.63, 3.8) is 0 Å². The molecule has 0 spiro atoms. The smallest absolute Gasteiger partial charge is 0.251 e. The molecule has 1 aliphatic rings. The van der Waals surface area contributed by atoms with Gasteiger partial charge in [-0.15, -0.1) is 10.2 Å². The lowest BCUT2D eigenvalue weighted by atomic mass is 10.1. The maximum atomic E-state index is 13.0. The molecular weight excluding hydrogens is 437 g/mol. The summed E-state index contributed by atoms with van der Waals surface area (Å²) in [6, 6.07) is 14.8. The molecule has 3 aromatic heterocycles. The lowest BCUT2D eigenvalue weighted by molar-refractivity contribution is 0.0965. The Hall–Kier alpha value is -3.98. The van der Waals surface area contributed by atoms with Crippen molar-refractivity contribution in [2.45, 2.75) is 39.1 Å². The normalized spacial score (nSPS) is 13.9. The third-order valence-corrected chi connectivity index (χ3v) is 5.23. The van der Waals surface area contributed by atoms with E-state index in [9.17, 15) is 14.3 Å². The molecule has 1 aromatic carbocycles. The molecule has 9 heteroatoms. The van der Waals surface area contributed by atoms with E-state index in [1.54, 1.807) is 24.5 Å². The Labute approximate surface area is 195 Å². The zero-order valence-electron chi connectivity index (χ0n) is 18.8. The van der Waals surface area contributed by atoms with Crippen LogP contribution < -0.4 is 5.32 Å². The summed E-state index contributed by atoms with van der Waals surface area (Å²) >= 11 is 0. The zero-order valence-corrected chi connectivity index (χ0v) is 18.8. The number of rotatable bonds is 5. The Morgan fingerprint density at radius 1 is 1.12 bits per heavy atom. The molecule has 0 bridgehead atoms. The third-order valence-electron chi connectivity index (χ3n) is 5.23. The number of aliphatic hydroxyl groups excluding tert-OH is 1. The van der Waals surface area contributed by atoms with Crippen LogP contribution in [0, 0.1) is 6.92 Å². The van der Waals surface area contributed by atoms with E-state index in [2.05, 4.69) is 25.5 Å². The second kappa shape index (κ2) is 10.3. The van der Waals surface area contributed by atoms with Gasteiger partial charge in [-0.2, -0.15) is 0 Å². The van der Waals surface area contributed by atoms with Crippen LogP contribution in [0.25, 0.3) is 11.5 Å². The molecule has 0 saturated heterocycles. The molecule has 1 aliphatic heterocycles. The van der Waals surface area contributed by atoms with E-state index in [1.807, 2.05) is 43.3 Å². The van der Waals surface area contributed by atoms with Crippen LogP contribution in [0.5, 0.6) is 0 Å². The Morgan fingerprint density at radius 2 is 1.97 bits per heavy atom. The number of carbonyl (C=O) groups excluding carboxylic acids is 1. The summed E-state index contributed by atoms with van der Waals surface area (Å²) in [6.07, 6.45) is 2.05. The van der Waals surface area contributed by atoms with Gasteiger partial charge in [0.15, 0.2) is 6.17 Å². The highest BCUT2D eigenvalue weighted by Crippen LogP contribution is 2.26. The van der Waals surface area contributed by atoms with Gasteiger partial charge in [0.05, 0.1) is 5.69 Å². The van der Waals surface area contributed by atoms with Crippen LogP contribution in [0.15, 0.2) is 65.3 Å². The molecule has 4 heterocycles. The maximum Gasteiger partial charge on any atom is 0.251 e. The van der Waals surface area contributed by atoms with Crippen molar-refractivity contribution < 1.29 is 18.7 Å². The van der Waals surface area contributed by atoms with Gasteiger partial charge < -0.3 is 14.8 Å². The van der Waals surface area contributed by atoms with Gasteiger partial charge in [0, 0.05) is 42.2 Å². The van der Waals surface area contributed by atoms with Crippen LogP contribution in [0.3, 0.4) is 0 Å². The molecule has 2 unspecified atom stereocenters. The first-order valence-corrected chi connectivity index (χ1v) is 10.8. The summed E-state index contributed by atoms with van der Waals surface area (Å²) in [5.74, 6) is 0.0393. The van der Waals surface area contributed by atoms with Gasteiger partial charge in [-0.25, -0.2) is 4.39 Å². The number of hydrogen-bond acceptors (Lipinski definition) is 7. The number of pyridine rings is 2. The largest absolute Gasteiger partial charge is 0.418 e. The SMILES string of the molecule is CC(F)c1nnc(-c2ccc3c(c2)C(=O)NC3)o1.Cc1ccnc(C(O)Cc2ccccn2)c1. The van der Waals surface area contributed by atoms with E-state index in [4.69, 9.17) is 4.42 Å². The van der Waals surface area contributed by atoms with Gasteiger partial charge in [-0.3, -0.25) is 14.8 Å². The summed E-state index contributed by atoms with van der Waals surface area (Å²) < 4.78 is 18.2. The second-order valence-electron chi connectivity index (χ2n) is 7.92. The summed E-state index contributed by atoms with van der Waals surface area (Å²) in [5, 5.41) is 20.1. The van der Waals surface area contributed by atoms with Crippen molar-refractivity contribution in [1.29, 1.82) is 0 Å². The van der Waals surface area contributed by atoms with Gasteiger partial charge >= 0.3 is 0 Å². The third kappa shape index (κ3) is 5.49.